The van der Waals surface area contributed by atoms with Crippen LogP contribution in [-0.4, -0.2) is 77.8 Å². The van der Waals surface area contributed by atoms with Gasteiger partial charge in [-0.3, -0.25) is 14.6 Å². The molecule has 9 nitrogen and oxygen atoms in total. The second kappa shape index (κ2) is 9.68. The molecule has 1 fully saturated rings. The van der Waals surface area contributed by atoms with Crippen LogP contribution in [0.25, 0.3) is 10.9 Å². The number of carbonyl (C=O) groups is 2. The lowest BCUT2D eigenvalue weighted by Crippen LogP contribution is -2.53. The molecule has 0 radical (unpaired) electrons. The Kier molecular flexibility index (Phi) is 6.55. The molecule has 196 valence electrons. The second-order valence-corrected chi connectivity index (χ2v) is 9.70. The molecule has 0 aliphatic carbocycles. The number of methoxy groups -OCH3 is 2. The third-order valence-electron chi connectivity index (χ3n) is 7.34. The zero-order valence-corrected chi connectivity index (χ0v) is 21.1. The normalized spacial score (nSPS) is 21.0. The van der Waals surface area contributed by atoms with E-state index in [4.69, 9.17) is 9.47 Å². The van der Waals surface area contributed by atoms with Crippen LogP contribution in [0.15, 0.2) is 36.4 Å². The largest absolute Gasteiger partial charge is 0.508 e. The first-order valence-electron chi connectivity index (χ1n) is 12.3. The van der Waals surface area contributed by atoms with E-state index in [0.29, 0.717) is 42.9 Å². The average molecular weight is 511 g/mol. The van der Waals surface area contributed by atoms with Crippen LogP contribution in [0.3, 0.4) is 0 Å². The fourth-order valence-corrected chi connectivity index (χ4v) is 5.57. The molecule has 0 bridgehead atoms. The number of imide groups is 1. The van der Waals surface area contributed by atoms with Crippen molar-refractivity contribution in [1.29, 1.82) is 0 Å². The maximum atomic E-state index is 14.5. The quantitative estimate of drug-likeness (QED) is 0.301. The summed E-state index contributed by atoms with van der Waals surface area (Å²) in [5.74, 6) is -0.625. The maximum Gasteiger partial charge on any atom is 0.328 e. The van der Waals surface area contributed by atoms with E-state index in [1.165, 1.54) is 18.1 Å². The van der Waals surface area contributed by atoms with Gasteiger partial charge in [0.15, 0.2) is 11.6 Å². The molecule has 2 aliphatic heterocycles. The summed E-state index contributed by atoms with van der Waals surface area (Å²) in [5.41, 5.74) is 1.56. The lowest BCUT2D eigenvalue weighted by molar-refractivity contribution is -0.133. The molecule has 2 unspecified atom stereocenters. The summed E-state index contributed by atoms with van der Waals surface area (Å²) in [7, 11) is 3.04. The van der Waals surface area contributed by atoms with E-state index in [9.17, 15) is 19.1 Å². The van der Waals surface area contributed by atoms with Crippen LogP contribution in [-0.2, 0) is 16.0 Å². The summed E-state index contributed by atoms with van der Waals surface area (Å²) in [6, 6.07) is 8.59. The smallest absolute Gasteiger partial charge is 0.328 e. The number of phenolic OH excluding ortho intramolecular Hbond substituents is 1. The Morgan fingerprint density at radius 2 is 2.03 bits per heavy atom. The Morgan fingerprint density at radius 1 is 1.22 bits per heavy atom. The lowest BCUT2D eigenvalue weighted by Gasteiger charge is -2.42. The van der Waals surface area contributed by atoms with Gasteiger partial charge in [-0.25, -0.2) is 9.18 Å². The Hall–Kier alpha value is -3.63. The number of rotatable bonds is 9. The van der Waals surface area contributed by atoms with Crippen molar-refractivity contribution in [3.8, 4) is 11.5 Å². The molecule has 0 saturated carbocycles. The number of benzene rings is 2. The molecule has 3 N–H and O–H groups in total. The van der Waals surface area contributed by atoms with E-state index in [-0.39, 0.29) is 36.4 Å². The molecule has 3 aromatic rings. The van der Waals surface area contributed by atoms with E-state index < -0.39 is 17.4 Å². The zero-order chi connectivity index (χ0) is 26.3. The molecule has 1 aromatic heterocycles. The monoisotopic (exact) mass is 510 g/mol. The summed E-state index contributed by atoms with van der Waals surface area (Å²) in [4.78, 5) is 33.8. The van der Waals surface area contributed by atoms with Gasteiger partial charge in [0, 0.05) is 49.3 Å². The van der Waals surface area contributed by atoms with Gasteiger partial charge in [0.25, 0.3) is 5.91 Å². The number of hydrogen-bond donors (Lipinski definition) is 3. The zero-order valence-electron chi connectivity index (χ0n) is 21.1. The minimum atomic E-state index is -1.15. The highest BCUT2D eigenvalue weighted by atomic mass is 19.1. The van der Waals surface area contributed by atoms with Gasteiger partial charge in [0.2, 0.25) is 0 Å². The summed E-state index contributed by atoms with van der Waals surface area (Å²) in [5, 5.41) is 14.2. The topological polar surface area (TPSA) is 107 Å². The van der Waals surface area contributed by atoms with Crippen molar-refractivity contribution >= 4 is 22.8 Å². The molecule has 10 heteroatoms. The van der Waals surface area contributed by atoms with E-state index in [1.807, 2.05) is 6.07 Å². The average Bonchev–Trinajstić information content (AvgIpc) is 3.30. The minimum absolute atomic E-state index is 0.0483. The first-order chi connectivity index (χ1) is 17.8. The predicted octanol–water partition coefficient (Wildman–Crippen LogP) is 3.32. The highest BCUT2D eigenvalue weighted by molar-refractivity contribution is 6.08. The van der Waals surface area contributed by atoms with Gasteiger partial charge in [-0.1, -0.05) is 12.1 Å². The van der Waals surface area contributed by atoms with Crippen LogP contribution < -0.4 is 10.1 Å². The van der Waals surface area contributed by atoms with E-state index in [1.54, 1.807) is 43.2 Å². The first kappa shape index (κ1) is 25.0. The van der Waals surface area contributed by atoms with Gasteiger partial charge >= 0.3 is 6.03 Å². The number of ether oxygens (including phenoxy) is 2. The molecular formula is C27H31FN4O5. The van der Waals surface area contributed by atoms with Crippen molar-refractivity contribution in [3.05, 3.63) is 59.0 Å². The van der Waals surface area contributed by atoms with E-state index in [2.05, 4.69) is 10.3 Å². The highest BCUT2D eigenvalue weighted by Gasteiger charge is 2.60. The van der Waals surface area contributed by atoms with Gasteiger partial charge in [0.1, 0.15) is 17.3 Å². The molecule has 1 saturated heterocycles. The van der Waals surface area contributed by atoms with E-state index in [0.717, 1.165) is 10.9 Å². The third-order valence-corrected chi connectivity index (χ3v) is 7.34. The first-order valence-corrected chi connectivity index (χ1v) is 12.3. The van der Waals surface area contributed by atoms with Crippen molar-refractivity contribution in [2.24, 2.45) is 0 Å². The SMILES string of the molecule is COCCNCCCN1C(=O)N2C(c3cccc(O)c3)c3[nH]c4cc(F)c(OC)cc4c3CC2(C)C1=O. The molecule has 37 heavy (non-hydrogen) atoms. The molecule has 3 amide bonds. The Balaban J connectivity index is 1.57. The Bertz CT molecular complexity index is 1360. The van der Waals surface area contributed by atoms with Gasteiger partial charge in [0.05, 0.1) is 13.7 Å². The number of aromatic nitrogens is 1. The predicted molar refractivity (Wildman–Crippen MR) is 135 cm³/mol. The van der Waals surface area contributed by atoms with Crippen LogP contribution in [0.2, 0.25) is 0 Å². The number of aromatic amines is 1. The van der Waals surface area contributed by atoms with Crippen LogP contribution >= 0.6 is 0 Å². The highest BCUT2D eigenvalue weighted by Crippen LogP contribution is 2.49. The van der Waals surface area contributed by atoms with Crippen molar-refractivity contribution in [2.45, 2.75) is 31.3 Å². The number of aromatic hydroxyl groups is 1. The number of H-pyrrole nitrogens is 1. The summed E-state index contributed by atoms with van der Waals surface area (Å²) >= 11 is 0. The number of nitrogens with zero attached hydrogens (tertiary/aromatic N) is 2. The molecule has 3 heterocycles. The molecule has 0 spiro atoms. The van der Waals surface area contributed by atoms with Crippen molar-refractivity contribution < 1.29 is 28.6 Å². The van der Waals surface area contributed by atoms with Crippen LogP contribution in [0.1, 0.15) is 36.2 Å². The molecule has 5 rings (SSSR count). The van der Waals surface area contributed by atoms with Crippen molar-refractivity contribution in [3.63, 3.8) is 0 Å². The Labute approximate surface area is 214 Å². The van der Waals surface area contributed by atoms with Gasteiger partial charge < -0.3 is 24.9 Å². The molecule has 2 aromatic carbocycles. The van der Waals surface area contributed by atoms with Gasteiger partial charge in [-0.15, -0.1) is 0 Å². The molecule has 2 aliphatic rings. The van der Waals surface area contributed by atoms with Crippen molar-refractivity contribution in [1.82, 2.24) is 20.1 Å². The number of hydrogen-bond acceptors (Lipinski definition) is 6. The third kappa shape index (κ3) is 4.10. The summed E-state index contributed by atoms with van der Waals surface area (Å²) in [6.45, 7) is 3.97. The number of urea groups is 1. The summed E-state index contributed by atoms with van der Waals surface area (Å²) < 4.78 is 24.8. The summed E-state index contributed by atoms with van der Waals surface area (Å²) in [6.07, 6.45) is 0.867. The number of carbonyl (C=O) groups excluding carboxylic acids is 2. The minimum Gasteiger partial charge on any atom is -0.508 e. The van der Waals surface area contributed by atoms with Crippen LogP contribution in [0, 0.1) is 5.82 Å². The maximum absolute atomic E-state index is 14.5. The lowest BCUT2D eigenvalue weighted by atomic mass is 9.81. The molecule has 2 atom stereocenters. The number of fused-ring (bicyclic) bond motifs is 4. The Morgan fingerprint density at radius 3 is 2.76 bits per heavy atom. The van der Waals surface area contributed by atoms with Gasteiger partial charge in [-0.05, 0) is 49.2 Å². The fourth-order valence-electron chi connectivity index (χ4n) is 5.57. The number of halogens is 1. The van der Waals surface area contributed by atoms with Crippen molar-refractivity contribution in [2.75, 3.05) is 40.5 Å². The van der Waals surface area contributed by atoms with Crippen LogP contribution in [0.4, 0.5) is 9.18 Å². The number of phenols is 1. The van der Waals surface area contributed by atoms with Crippen LogP contribution in [0.5, 0.6) is 11.5 Å². The van der Waals surface area contributed by atoms with Gasteiger partial charge in [-0.2, -0.15) is 0 Å². The van der Waals surface area contributed by atoms with E-state index >= 15 is 0 Å². The standard InChI is InChI=1S/C27H31FN4O5/c1-27-15-19-18-13-22(37-3)20(28)14-21(18)30-23(19)24(16-6-4-7-17(33)12-16)32(27)26(35)31(25(27)34)10-5-8-29-9-11-36-2/h4,6-7,12-14,24,29-30,33H,5,8-11,15H2,1-3H3. The second-order valence-electron chi connectivity index (χ2n) is 9.70. The number of amides is 3. The fraction of sp³-hybridized carbons (Fsp3) is 0.407. The molecular weight excluding hydrogens is 479 g/mol. The number of nitrogens with one attached hydrogen (secondary N) is 2.